The molecule has 2 heterocycles. The minimum Gasteiger partial charge on any atom is -0.399 e. The molecule has 0 saturated carbocycles. The summed E-state index contributed by atoms with van der Waals surface area (Å²) < 4.78 is 1.13. The summed E-state index contributed by atoms with van der Waals surface area (Å²) in [4.78, 5) is 15.6. The van der Waals surface area contributed by atoms with E-state index >= 15 is 0 Å². The number of rotatable bonds is 1. The third kappa shape index (κ3) is 2.40. The normalized spacial score (nSPS) is 23.2. The van der Waals surface area contributed by atoms with E-state index in [1.54, 1.807) is 11.3 Å². The van der Waals surface area contributed by atoms with E-state index in [0.717, 1.165) is 33.6 Å². The minimum absolute atomic E-state index is 0.170. The van der Waals surface area contributed by atoms with Gasteiger partial charge in [-0.05, 0) is 55.3 Å². The van der Waals surface area contributed by atoms with Gasteiger partial charge in [0.15, 0.2) is 0 Å². The van der Waals surface area contributed by atoms with E-state index < -0.39 is 0 Å². The van der Waals surface area contributed by atoms with E-state index in [2.05, 4.69) is 13.8 Å². The summed E-state index contributed by atoms with van der Waals surface area (Å²) in [5, 5.41) is 1.07. The van der Waals surface area contributed by atoms with Crippen LogP contribution in [0.25, 0.3) is 10.1 Å². The van der Waals surface area contributed by atoms with Crippen molar-refractivity contribution in [1.29, 1.82) is 0 Å². The molecule has 4 heteroatoms. The fourth-order valence-electron chi connectivity index (χ4n) is 2.88. The number of piperidine rings is 1. The van der Waals surface area contributed by atoms with E-state index in [0.29, 0.717) is 12.0 Å². The van der Waals surface area contributed by atoms with Crippen LogP contribution in [0.3, 0.4) is 0 Å². The van der Waals surface area contributed by atoms with Gasteiger partial charge in [0.1, 0.15) is 0 Å². The Morgan fingerprint density at radius 3 is 2.90 bits per heavy atom. The first-order valence-corrected chi connectivity index (χ1v) is 7.96. The molecule has 1 amide bonds. The highest BCUT2D eigenvalue weighted by Crippen LogP contribution is 2.30. The lowest BCUT2D eigenvalue weighted by Gasteiger charge is -2.36. The van der Waals surface area contributed by atoms with Gasteiger partial charge in [0.05, 0.1) is 4.88 Å². The van der Waals surface area contributed by atoms with Crippen molar-refractivity contribution >= 4 is 33.0 Å². The molecular formula is C16H20N2OS. The standard InChI is InChI=1S/C16H20N2OS/c1-10-3-4-11(2)18(9-10)16(19)15-8-12-7-13(17)5-6-14(12)20-15/h5-8,10-11H,3-4,9,17H2,1-2H3. The van der Waals surface area contributed by atoms with Gasteiger partial charge in [0.2, 0.25) is 0 Å². The van der Waals surface area contributed by atoms with Crippen molar-refractivity contribution in [1.82, 2.24) is 4.90 Å². The van der Waals surface area contributed by atoms with Crippen molar-refractivity contribution in [3.8, 4) is 0 Å². The Morgan fingerprint density at radius 2 is 2.10 bits per heavy atom. The van der Waals surface area contributed by atoms with E-state index in [9.17, 15) is 4.79 Å². The molecule has 2 unspecified atom stereocenters. The molecule has 106 valence electrons. The lowest BCUT2D eigenvalue weighted by Crippen LogP contribution is -2.44. The molecule has 3 nitrogen and oxygen atoms in total. The summed E-state index contributed by atoms with van der Waals surface area (Å²) in [7, 11) is 0. The van der Waals surface area contributed by atoms with Crippen LogP contribution >= 0.6 is 11.3 Å². The fourth-order valence-corrected chi connectivity index (χ4v) is 3.88. The van der Waals surface area contributed by atoms with Crippen LogP contribution in [0.15, 0.2) is 24.3 Å². The van der Waals surface area contributed by atoms with Gasteiger partial charge in [-0.15, -0.1) is 11.3 Å². The molecule has 1 saturated heterocycles. The van der Waals surface area contributed by atoms with Crippen molar-refractivity contribution in [3.05, 3.63) is 29.1 Å². The van der Waals surface area contributed by atoms with E-state index in [-0.39, 0.29) is 5.91 Å². The Balaban J connectivity index is 1.91. The van der Waals surface area contributed by atoms with Crippen molar-refractivity contribution < 1.29 is 4.79 Å². The van der Waals surface area contributed by atoms with E-state index in [1.807, 2.05) is 29.2 Å². The maximum Gasteiger partial charge on any atom is 0.264 e. The van der Waals surface area contributed by atoms with Crippen LogP contribution in [0.1, 0.15) is 36.4 Å². The van der Waals surface area contributed by atoms with Gasteiger partial charge in [-0.3, -0.25) is 4.79 Å². The number of fused-ring (bicyclic) bond motifs is 1. The Labute approximate surface area is 123 Å². The first kappa shape index (κ1) is 13.4. The summed E-state index contributed by atoms with van der Waals surface area (Å²) in [5.41, 5.74) is 6.55. The third-order valence-electron chi connectivity index (χ3n) is 4.13. The van der Waals surface area contributed by atoms with Gasteiger partial charge in [-0.2, -0.15) is 0 Å². The number of nitrogen functional groups attached to an aromatic ring is 1. The number of anilines is 1. The highest BCUT2D eigenvalue weighted by atomic mass is 32.1. The number of likely N-dealkylation sites (tertiary alicyclic amines) is 1. The van der Waals surface area contributed by atoms with Crippen LogP contribution in [0.4, 0.5) is 5.69 Å². The Morgan fingerprint density at radius 1 is 1.30 bits per heavy atom. The van der Waals surface area contributed by atoms with Crippen LogP contribution in [0.5, 0.6) is 0 Å². The molecule has 0 aliphatic carbocycles. The van der Waals surface area contributed by atoms with Crippen molar-refractivity contribution in [2.24, 2.45) is 5.92 Å². The molecule has 20 heavy (non-hydrogen) atoms. The SMILES string of the molecule is CC1CCC(C)N(C(=O)c2cc3cc(N)ccc3s2)C1. The fraction of sp³-hybridized carbons (Fsp3) is 0.438. The van der Waals surface area contributed by atoms with Gasteiger partial charge in [-0.1, -0.05) is 6.92 Å². The number of benzene rings is 1. The predicted molar refractivity (Wildman–Crippen MR) is 85.1 cm³/mol. The largest absolute Gasteiger partial charge is 0.399 e. The topological polar surface area (TPSA) is 46.3 Å². The molecule has 1 fully saturated rings. The van der Waals surface area contributed by atoms with Gasteiger partial charge >= 0.3 is 0 Å². The van der Waals surface area contributed by atoms with Gasteiger partial charge in [-0.25, -0.2) is 0 Å². The second kappa shape index (κ2) is 5.09. The van der Waals surface area contributed by atoms with Crippen LogP contribution in [-0.2, 0) is 0 Å². The molecular weight excluding hydrogens is 268 g/mol. The zero-order valence-electron chi connectivity index (χ0n) is 11.9. The Kier molecular flexibility index (Phi) is 3.42. The molecule has 2 aromatic rings. The second-order valence-corrected chi connectivity index (χ2v) is 6.98. The maximum atomic E-state index is 12.7. The number of amides is 1. The average Bonchev–Trinajstić information content (AvgIpc) is 2.83. The summed E-state index contributed by atoms with van der Waals surface area (Å²) in [6.45, 7) is 5.24. The quantitative estimate of drug-likeness (QED) is 0.812. The van der Waals surface area contributed by atoms with Gasteiger partial charge in [0, 0.05) is 23.0 Å². The minimum atomic E-state index is 0.170. The number of nitrogens with zero attached hydrogens (tertiary/aromatic N) is 1. The second-order valence-electron chi connectivity index (χ2n) is 5.90. The Hall–Kier alpha value is -1.55. The number of carbonyl (C=O) groups is 1. The monoisotopic (exact) mass is 288 g/mol. The molecule has 1 aliphatic rings. The summed E-state index contributed by atoms with van der Waals surface area (Å²) >= 11 is 1.56. The first-order chi connectivity index (χ1) is 9.54. The smallest absolute Gasteiger partial charge is 0.264 e. The molecule has 2 atom stereocenters. The van der Waals surface area contributed by atoms with Crippen molar-refractivity contribution in [2.75, 3.05) is 12.3 Å². The predicted octanol–water partition coefficient (Wildman–Crippen LogP) is 3.74. The summed E-state index contributed by atoms with van der Waals surface area (Å²) in [6.07, 6.45) is 2.32. The lowest BCUT2D eigenvalue weighted by atomic mass is 9.95. The van der Waals surface area contributed by atoms with Crippen molar-refractivity contribution in [2.45, 2.75) is 32.7 Å². The van der Waals surface area contributed by atoms with Crippen molar-refractivity contribution in [3.63, 3.8) is 0 Å². The van der Waals surface area contributed by atoms with Gasteiger partial charge < -0.3 is 10.6 Å². The molecule has 3 rings (SSSR count). The number of hydrogen-bond acceptors (Lipinski definition) is 3. The number of carbonyl (C=O) groups excluding carboxylic acids is 1. The molecule has 1 aromatic carbocycles. The number of thiophene rings is 1. The molecule has 1 aliphatic heterocycles. The third-order valence-corrected chi connectivity index (χ3v) is 5.23. The maximum absolute atomic E-state index is 12.7. The van der Waals surface area contributed by atoms with Crippen LogP contribution in [-0.4, -0.2) is 23.4 Å². The van der Waals surface area contributed by atoms with Crippen LogP contribution in [0, 0.1) is 5.92 Å². The highest BCUT2D eigenvalue weighted by Gasteiger charge is 2.28. The highest BCUT2D eigenvalue weighted by molar-refractivity contribution is 7.20. The zero-order chi connectivity index (χ0) is 14.3. The number of nitrogens with two attached hydrogens (primary N) is 1. The summed E-state index contributed by atoms with van der Waals surface area (Å²) in [5.74, 6) is 0.768. The molecule has 0 radical (unpaired) electrons. The lowest BCUT2D eigenvalue weighted by molar-refractivity contribution is 0.0579. The van der Waals surface area contributed by atoms with E-state index in [4.69, 9.17) is 5.73 Å². The van der Waals surface area contributed by atoms with Crippen LogP contribution in [0.2, 0.25) is 0 Å². The molecule has 0 spiro atoms. The summed E-state index contributed by atoms with van der Waals surface area (Å²) in [6, 6.07) is 8.14. The number of hydrogen-bond donors (Lipinski definition) is 1. The molecule has 0 bridgehead atoms. The zero-order valence-corrected chi connectivity index (χ0v) is 12.7. The average molecular weight is 288 g/mol. The molecule has 1 aromatic heterocycles. The van der Waals surface area contributed by atoms with Crippen LogP contribution < -0.4 is 5.73 Å². The van der Waals surface area contributed by atoms with Gasteiger partial charge in [0.25, 0.3) is 5.91 Å². The molecule has 2 N–H and O–H groups in total. The van der Waals surface area contributed by atoms with E-state index in [1.165, 1.54) is 6.42 Å². The first-order valence-electron chi connectivity index (χ1n) is 7.14. The Bertz CT molecular complexity index is 649.